The van der Waals surface area contributed by atoms with Gasteiger partial charge in [0.2, 0.25) is 5.91 Å². The zero-order valence-electron chi connectivity index (χ0n) is 15.9. The molecule has 1 fully saturated rings. The molecule has 0 aromatic heterocycles. The zero-order valence-corrected chi connectivity index (χ0v) is 15.9. The van der Waals surface area contributed by atoms with Crippen LogP contribution in [0.15, 0.2) is 48.5 Å². The minimum Gasteiger partial charge on any atom is -0.508 e. The Kier molecular flexibility index (Phi) is 5.02. The number of nitrogens with one attached hydrogen (secondary N) is 1. The number of amides is 1. The number of alkyl halides is 3. The highest BCUT2D eigenvalue weighted by atomic mass is 19.4. The van der Waals surface area contributed by atoms with Crippen molar-refractivity contribution < 1.29 is 23.1 Å². The third-order valence-corrected chi connectivity index (χ3v) is 6.13. The summed E-state index contributed by atoms with van der Waals surface area (Å²) in [5.41, 5.74) is -0.0849. The maximum atomic E-state index is 14.1. The van der Waals surface area contributed by atoms with Gasteiger partial charge in [-0.15, -0.1) is 0 Å². The number of halogens is 3. The van der Waals surface area contributed by atoms with E-state index < -0.39 is 23.5 Å². The number of benzene rings is 2. The lowest BCUT2D eigenvalue weighted by atomic mass is 9.84. The molecule has 2 unspecified atom stereocenters. The molecule has 7 heteroatoms. The number of hydrogen-bond donors (Lipinski definition) is 2. The lowest BCUT2D eigenvalue weighted by Gasteiger charge is -2.32. The van der Waals surface area contributed by atoms with E-state index in [1.54, 1.807) is 23.1 Å². The first kappa shape index (κ1) is 19.8. The van der Waals surface area contributed by atoms with Crippen molar-refractivity contribution in [1.82, 2.24) is 10.2 Å². The molecule has 1 saturated heterocycles. The first-order valence-corrected chi connectivity index (χ1v) is 9.75. The standard InChI is InChI=1S/C22H23F3N2O2/c23-22(24,25)21(11-12-27(14-21)13-15-5-2-1-3-6-15)20(29)26-18-10-9-17-16(18)7-4-8-19(17)28/h1-8,18,28H,9-14H2,(H,26,29). The molecule has 0 spiro atoms. The van der Waals surface area contributed by atoms with Gasteiger partial charge in [0.05, 0.1) is 6.04 Å². The van der Waals surface area contributed by atoms with Crippen LogP contribution in [-0.2, 0) is 17.8 Å². The van der Waals surface area contributed by atoms with Gasteiger partial charge in [-0.25, -0.2) is 0 Å². The Morgan fingerprint density at radius 2 is 1.93 bits per heavy atom. The summed E-state index contributed by atoms with van der Waals surface area (Å²) in [4.78, 5) is 14.6. The van der Waals surface area contributed by atoms with Crippen LogP contribution in [0.4, 0.5) is 13.2 Å². The fourth-order valence-corrected chi connectivity index (χ4v) is 4.49. The molecule has 0 bridgehead atoms. The smallest absolute Gasteiger partial charge is 0.404 e. The zero-order chi connectivity index (χ0) is 20.6. The molecule has 0 radical (unpaired) electrons. The molecular formula is C22H23F3N2O2. The van der Waals surface area contributed by atoms with E-state index in [9.17, 15) is 23.1 Å². The van der Waals surface area contributed by atoms with Gasteiger partial charge in [0.1, 0.15) is 5.75 Å². The molecule has 1 heterocycles. The number of aromatic hydroxyl groups is 1. The van der Waals surface area contributed by atoms with Gasteiger partial charge in [0.25, 0.3) is 0 Å². The van der Waals surface area contributed by atoms with E-state index in [1.165, 1.54) is 0 Å². The van der Waals surface area contributed by atoms with E-state index >= 15 is 0 Å². The van der Waals surface area contributed by atoms with Gasteiger partial charge < -0.3 is 10.4 Å². The minimum atomic E-state index is -4.64. The fraction of sp³-hybridized carbons (Fsp3) is 0.409. The van der Waals surface area contributed by atoms with Crippen molar-refractivity contribution in [3.8, 4) is 5.75 Å². The molecule has 1 aliphatic heterocycles. The first-order chi connectivity index (χ1) is 13.8. The molecule has 4 nitrogen and oxygen atoms in total. The number of phenolic OH excluding ortho intramolecular Hbond substituents is 1. The number of likely N-dealkylation sites (tertiary alicyclic amines) is 1. The van der Waals surface area contributed by atoms with Gasteiger partial charge >= 0.3 is 6.18 Å². The van der Waals surface area contributed by atoms with Crippen LogP contribution >= 0.6 is 0 Å². The van der Waals surface area contributed by atoms with Gasteiger partial charge in [0, 0.05) is 13.1 Å². The second kappa shape index (κ2) is 7.37. The first-order valence-electron chi connectivity index (χ1n) is 9.75. The number of carbonyl (C=O) groups excluding carboxylic acids is 1. The van der Waals surface area contributed by atoms with Crippen molar-refractivity contribution in [2.45, 2.75) is 38.0 Å². The van der Waals surface area contributed by atoms with Gasteiger partial charge in [-0.2, -0.15) is 13.2 Å². The summed E-state index contributed by atoms with van der Waals surface area (Å²) < 4.78 is 42.3. The number of hydrogen-bond acceptors (Lipinski definition) is 3. The average molecular weight is 404 g/mol. The molecular weight excluding hydrogens is 381 g/mol. The maximum absolute atomic E-state index is 14.1. The fourth-order valence-electron chi connectivity index (χ4n) is 4.49. The Morgan fingerprint density at radius 3 is 2.66 bits per heavy atom. The van der Waals surface area contributed by atoms with Crippen LogP contribution in [0, 0.1) is 5.41 Å². The summed E-state index contributed by atoms with van der Waals surface area (Å²) in [6.45, 7) is 0.243. The SMILES string of the molecule is O=C(NC1CCc2c(O)cccc21)C1(C(F)(F)F)CCN(Cc2ccccc2)C1. The molecule has 4 rings (SSSR count). The topological polar surface area (TPSA) is 52.6 Å². The highest BCUT2D eigenvalue weighted by Gasteiger charge is 2.63. The lowest BCUT2D eigenvalue weighted by Crippen LogP contribution is -2.52. The summed E-state index contributed by atoms with van der Waals surface area (Å²) in [5.74, 6) is -0.846. The van der Waals surface area contributed by atoms with Gasteiger partial charge in [0.15, 0.2) is 5.41 Å². The van der Waals surface area contributed by atoms with Gasteiger partial charge in [-0.3, -0.25) is 9.69 Å². The summed E-state index contributed by atoms with van der Waals surface area (Å²) in [6, 6.07) is 13.7. The molecule has 2 aromatic carbocycles. The predicted octanol–water partition coefficient (Wildman–Crippen LogP) is 3.95. The maximum Gasteiger partial charge on any atom is 0.404 e. The quantitative estimate of drug-likeness (QED) is 0.811. The molecule has 0 saturated carbocycles. The summed E-state index contributed by atoms with van der Waals surface area (Å²) in [7, 11) is 0. The van der Waals surface area contributed by atoms with E-state index in [1.807, 2.05) is 30.3 Å². The van der Waals surface area contributed by atoms with Crippen LogP contribution in [0.2, 0.25) is 0 Å². The molecule has 2 atom stereocenters. The van der Waals surface area contributed by atoms with Crippen LogP contribution in [0.3, 0.4) is 0 Å². The Bertz CT molecular complexity index is 901. The molecule has 2 aromatic rings. The third kappa shape index (κ3) is 3.59. The summed E-state index contributed by atoms with van der Waals surface area (Å²) in [6.07, 6.45) is -3.87. The Hall–Kier alpha value is -2.54. The number of rotatable bonds is 4. The highest BCUT2D eigenvalue weighted by Crippen LogP contribution is 2.47. The largest absolute Gasteiger partial charge is 0.508 e. The Balaban J connectivity index is 1.52. The van der Waals surface area contributed by atoms with E-state index in [0.717, 1.165) is 5.56 Å². The number of nitrogens with zero attached hydrogens (tertiary/aromatic N) is 1. The van der Waals surface area contributed by atoms with E-state index in [0.29, 0.717) is 30.5 Å². The van der Waals surface area contributed by atoms with Crippen molar-refractivity contribution in [3.05, 3.63) is 65.2 Å². The molecule has 1 aliphatic carbocycles. The Morgan fingerprint density at radius 1 is 1.17 bits per heavy atom. The molecule has 29 heavy (non-hydrogen) atoms. The van der Waals surface area contributed by atoms with E-state index in [4.69, 9.17) is 0 Å². The van der Waals surface area contributed by atoms with Crippen LogP contribution in [0.5, 0.6) is 5.75 Å². The van der Waals surface area contributed by atoms with Crippen LogP contribution in [-0.4, -0.2) is 35.2 Å². The molecule has 2 N–H and O–H groups in total. The normalized spacial score (nSPS) is 24.4. The average Bonchev–Trinajstić information content (AvgIpc) is 3.29. The monoisotopic (exact) mass is 404 g/mol. The summed E-state index contributed by atoms with van der Waals surface area (Å²) in [5, 5.41) is 12.6. The van der Waals surface area contributed by atoms with Crippen molar-refractivity contribution >= 4 is 5.91 Å². The van der Waals surface area contributed by atoms with Crippen LogP contribution in [0.25, 0.3) is 0 Å². The van der Waals surface area contributed by atoms with Crippen LogP contribution in [0.1, 0.15) is 35.6 Å². The van der Waals surface area contributed by atoms with Gasteiger partial charge in [-0.1, -0.05) is 42.5 Å². The van der Waals surface area contributed by atoms with Crippen molar-refractivity contribution in [2.75, 3.05) is 13.1 Å². The second-order valence-corrected chi connectivity index (χ2v) is 7.94. The van der Waals surface area contributed by atoms with Crippen LogP contribution < -0.4 is 5.32 Å². The number of fused-ring (bicyclic) bond motifs is 1. The van der Waals surface area contributed by atoms with Crippen molar-refractivity contribution in [2.24, 2.45) is 5.41 Å². The van der Waals surface area contributed by atoms with Crippen molar-refractivity contribution in [1.29, 1.82) is 0 Å². The van der Waals surface area contributed by atoms with E-state index in [-0.39, 0.29) is 25.3 Å². The molecule has 2 aliphatic rings. The molecule has 1 amide bonds. The van der Waals surface area contributed by atoms with Crippen molar-refractivity contribution in [3.63, 3.8) is 0 Å². The Labute approximate surface area is 167 Å². The highest BCUT2D eigenvalue weighted by molar-refractivity contribution is 5.85. The second-order valence-electron chi connectivity index (χ2n) is 7.94. The predicted molar refractivity (Wildman–Crippen MR) is 102 cm³/mol. The number of carbonyl (C=O) groups is 1. The minimum absolute atomic E-state index is 0.125. The summed E-state index contributed by atoms with van der Waals surface area (Å²) >= 11 is 0. The lowest BCUT2D eigenvalue weighted by molar-refractivity contribution is -0.218. The third-order valence-electron chi connectivity index (χ3n) is 6.13. The molecule has 154 valence electrons. The number of phenols is 1. The van der Waals surface area contributed by atoms with Gasteiger partial charge in [-0.05, 0) is 48.6 Å². The van der Waals surface area contributed by atoms with E-state index in [2.05, 4.69) is 5.32 Å².